The minimum absolute atomic E-state index is 0.0338. The topological polar surface area (TPSA) is 85.2 Å². The molecule has 1 fully saturated rings. The van der Waals surface area contributed by atoms with Crippen LogP contribution in [0.25, 0.3) is 11.1 Å². The highest BCUT2D eigenvalue weighted by molar-refractivity contribution is 5.95. The lowest BCUT2D eigenvalue weighted by atomic mass is 9.99. The van der Waals surface area contributed by atoms with E-state index in [0.29, 0.717) is 12.0 Å². The Morgan fingerprint density at radius 3 is 2.57 bits per heavy atom. The lowest BCUT2D eigenvalue weighted by Gasteiger charge is -2.23. The van der Waals surface area contributed by atoms with Gasteiger partial charge in [0.1, 0.15) is 6.04 Å². The Bertz CT molecular complexity index is 925. The summed E-state index contributed by atoms with van der Waals surface area (Å²) in [5.74, 6) is -0.131. The lowest BCUT2D eigenvalue weighted by Crippen LogP contribution is -2.49. The lowest BCUT2D eigenvalue weighted by molar-refractivity contribution is -0.124. The summed E-state index contributed by atoms with van der Waals surface area (Å²) in [5.41, 5.74) is 3.58. The molecule has 2 aromatic rings. The third kappa shape index (κ3) is 5.46. The molecule has 0 aromatic heterocycles. The molecule has 0 saturated carbocycles. The molecular formula is C24H28N4O2. The fourth-order valence-corrected chi connectivity index (χ4v) is 3.64. The zero-order valence-corrected chi connectivity index (χ0v) is 17.5. The standard InChI is InChI=1S/C24H28N4O2/c1-28(2)24(30)20-7-5-6-19(15-20)18-11-9-17(10-12-18)14-21(16-25)27-23(29)22-8-3-4-13-26-22/h5-7,9-12,15,21-22,26H,3-4,8,13-14H2,1-2H3,(H,27,29)/t21-,22-/m0/s1. The maximum atomic E-state index is 12.4. The minimum atomic E-state index is -0.562. The molecule has 6 nitrogen and oxygen atoms in total. The van der Waals surface area contributed by atoms with Crippen molar-refractivity contribution in [2.45, 2.75) is 37.8 Å². The summed E-state index contributed by atoms with van der Waals surface area (Å²) >= 11 is 0. The largest absolute Gasteiger partial charge is 0.345 e. The molecule has 0 unspecified atom stereocenters. The summed E-state index contributed by atoms with van der Waals surface area (Å²) in [7, 11) is 3.47. The van der Waals surface area contributed by atoms with E-state index in [2.05, 4.69) is 16.7 Å². The summed E-state index contributed by atoms with van der Waals surface area (Å²) in [6, 6.07) is 16.9. The van der Waals surface area contributed by atoms with Crippen LogP contribution in [0.1, 0.15) is 35.2 Å². The van der Waals surface area contributed by atoms with Crippen LogP contribution in [-0.4, -0.2) is 49.4 Å². The van der Waals surface area contributed by atoms with E-state index in [1.807, 2.05) is 48.5 Å². The molecule has 6 heteroatoms. The third-order valence-electron chi connectivity index (χ3n) is 5.34. The number of benzene rings is 2. The smallest absolute Gasteiger partial charge is 0.253 e. The Labute approximate surface area is 177 Å². The van der Waals surface area contributed by atoms with Gasteiger partial charge in [-0.1, -0.05) is 42.8 Å². The normalized spacial score (nSPS) is 16.9. The summed E-state index contributed by atoms with van der Waals surface area (Å²) in [6.07, 6.45) is 3.39. The summed E-state index contributed by atoms with van der Waals surface area (Å²) in [4.78, 5) is 26.1. The quantitative estimate of drug-likeness (QED) is 0.775. The van der Waals surface area contributed by atoms with Gasteiger partial charge < -0.3 is 15.5 Å². The average molecular weight is 405 g/mol. The maximum Gasteiger partial charge on any atom is 0.253 e. The van der Waals surface area contributed by atoms with E-state index < -0.39 is 6.04 Å². The second kappa shape index (κ2) is 10.0. The molecule has 1 saturated heterocycles. The first-order chi connectivity index (χ1) is 14.5. The molecule has 1 aliphatic heterocycles. The van der Waals surface area contributed by atoms with Crippen molar-refractivity contribution in [2.24, 2.45) is 0 Å². The van der Waals surface area contributed by atoms with E-state index in [4.69, 9.17) is 0 Å². The van der Waals surface area contributed by atoms with Crippen LogP contribution >= 0.6 is 0 Å². The van der Waals surface area contributed by atoms with Crippen molar-refractivity contribution in [3.05, 3.63) is 59.7 Å². The second-order valence-electron chi connectivity index (χ2n) is 7.87. The molecule has 2 amide bonds. The Balaban J connectivity index is 1.65. The fraction of sp³-hybridized carbons (Fsp3) is 0.375. The molecule has 3 rings (SSSR count). The molecule has 30 heavy (non-hydrogen) atoms. The van der Waals surface area contributed by atoms with Gasteiger partial charge in [-0.05, 0) is 48.2 Å². The number of nitrogens with zero attached hydrogens (tertiary/aromatic N) is 2. The van der Waals surface area contributed by atoms with Crippen LogP contribution in [0.5, 0.6) is 0 Å². The van der Waals surface area contributed by atoms with Crippen LogP contribution in [0, 0.1) is 11.3 Å². The first kappa shape index (κ1) is 21.5. The third-order valence-corrected chi connectivity index (χ3v) is 5.34. The van der Waals surface area contributed by atoms with Crippen molar-refractivity contribution in [1.29, 1.82) is 5.26 Å². The molecule has 0 aliphatic carbocycles. The predicted molar refractivity (Wildman–Crippen MR) is 117 cm³/mol. The Kier molecular flexibility index (Phi) is 7.21. The molecule has 156 valence electrons. The van der Waals surface area contributed by atoms with Crippen molar-refractivity contribution in [3.63, 3.8) is 0 Å². The van der Waals surface area contributed by atoms with Crippen molar-refractivity contribution >= 4 is 11.8 Å². The highest BCUT2D eigenvalue weighted by atomic mass is 16.2. The maximum absolute atomic E-state index is 12.4. The molecular weight excluding hydrogens is 376 g/mol. The van der Waals surface area contributed by atoms with Crippen molar-refractivity contribution in [3.8, 4) is 17.2 Å². The Morgan fingerprint density at radius 2 is 1.93 bits per heavy atom. The zero-order valence-electron chi connectivity index (χ0n) is 17.5. The molecule has 1 heterocycles. The Morgan fingerprint density at radius 1 is 1.17 bits per heavy atom. The van der Waals surface area contributed by atoms with Gasteiger partial charge in [-0.2, -0.15) is 5.26 Å². The van der Waals surface area contributed by atoms with E-state index in [9.17, 15) is 14.9 Å². The highest BCUT2D eigenvalue weighted by Gasteiger charge is 2.23. The van der Waals surface area contributed by atoms with Gasteiger partial charge >= 0.3 is 0 Å². The van der Waals surface area contributed by atoms with Crippen molar-refractivity contribution in [2.75, 3.05) is 20.6 Å². The van der Waals surface area contributed by atoms with E-state index in [1.54, 1.807) is 19.0 Å². The van der Waals surface area contributed by atoms with E-state index >= 15 is 0 Å². The van der Waals surface area contributed by atoms with Crippen LogP contribution in [0.3, 0.4) is 0 Å². The van der Waals surface area contributed by atoms with Gasteiger partial charge in [-0.25, -0.2) is 0 Å². The molecule has 2 atom stereocenters. The minimum Gasteiger partial charge on any atom is -0.345 e. The summed E-state index contributed by atoms with van der Waals surface area (Å²) < 4.78 is 0. The highest BCUT2D eigenvalue weighted by Crippen LogP contribution is 2.22. The van der Waals surface area contributed by atoms with Crippen molar-refractivity contribution in [1.82, 2.24) is 15.5 Å². The number of amides is 2. The molecule has 0 spiro atoms. The molecule has 2 aromatic carbocycles. The number of nitriles is 1. The van der Waals surface area contributed by atoms with Gasteiger partial charge in [0.2, 0.25) is 5.91 Å². The number of hydrogen-bond donors (Lipinski definition) is 2. The first-order valence-corrected chi connectivity index (χ1v) is 10.3. The van der Waals surface area contributed by atoms with Gasteiger partial charge in [0.15, 0.2) is 0 Å². The summed E-state index contributed by atoms with van der Waals surface area (Å²) in [6.45, 7) is 0.845. The first-order valence-electron chi connectivity index (χ1n) is 10.3. The molecule has 2 N–H and O–H groups in total. The molecule has 1 aliphatic rings. The van der Waals surface area contributed by atoms with Crippen LogP contribution in [0.4, 0.5) is 0 Å². The van der Waals surface area contributed by atoms with Crippen LogP contribution in [0.2, 0.25) is 0 Å². The number of carbonyl (C=O) groups excluding carboxylic acids is 2. The average Bonchev–Trinajstić information content (AvgIpc) is 2.79. The number of hydrogen-bond acceptors (Lipinski definition) is 4. The SMILES string of the molecule is CN(C)C(=O)c1cccc(-c2ccc(C[C@@H](C#N)NC(=O)[C@@H]3CCCCN3)cc2)c1. The van der Waals surface area contributed by atoms with Gasteiger partial charge in [0.05, 0.1) is 12.1 Å². The van der Waals surface area contributed by atoms with Crippen molar-refractivity contribution < 1.29 is 9.59 Å². The van der Waals surface area contributed by atoms with Crippen LogP contribution in [0.15, 0.2) is 48.5 Å². The predicted octanol–water partition coefficient (Wildman–Crippen LogP) is 2.75. The number of piperidine rings is 1. The number of nitrogens with one attached hydrogen (secondary N) is 2. The van der Waals surface area contributed by atoms with E-state index in [0.717, 1.165) is 42.5 Å². The fourth-order valence-electron chi connectivity index (χ4n) is 3.64. The van der Waals surface area contributed by atoms with Gasteiger partial charge in [0.25, 0.3) is 5.91 Å². The summed E-state index contributed by atoms with van der Waals surface area (Å²) in [5, 5.41) is 15.5. The van der Waals surface area contributed by atoms with Crippen LogP contribution < -0.4 is 10.6 Å². The zero-order chi connectivity index (χ0) is 21.5. The van der Waals surface area contributed by atoms with Gasteiger partial charge in [-0.15, -0.1) is 0 Å². The second-order valence-corrected chi connectivity index (χ2v) is 7.87. The molecule has 0 radical (unpaired) electrons. The van der Waals surface area contributed by atoms with E-state index in [1.165, 1.54) is 0 Å². The monoisotopic (exact) mass is 404 g/mol. The Hall–Kier alpha value is -3.17. The van der Waals surface area contributed by atoms with Gasteiger partial charge in [0, 0.05) is 26.1 Å². The van der Waals surface area contributed by atoms with E-state index in [-0.39, 0.29) is 17.9 Å². The molecule has 0 bridgehead atoms. The number of rotatable bonds is 6. The van der Waals surface area contributed by atoms with Gasteiger partial charge in [-0.3, -0.25) is 9.59 Å². The number of carbonyl (C=O) groups is 2. The van der Waals surface area contributed by atoms with Crippen LogP contribution in [-0.2, 0) is 11.2 Å².